The lowest BCUT2D eigenvalue weighted by atomic mass is 10.0. The van der Waals surface area contributed by atoms with E-state index in [1.165, 1.54) is 11.1 Å². The Balaban J connectivity index is 1.29. The average Bonchev–Trinajstić information content (AvgIpc) is 3.56. The lowest BCUT2D eigenvalue weighted by Crippen LogP contribution is -2.46. The van der Waals surface area contributed by atoms with Gasteiger partial charge >= 0.3 is 0 Å². The van der Waals surface area contributed by atoms with E-state index in [1.807, 2.05) is 22.9 Å². The topological polar surface area (TPSA) is 48.7 Å². The van der Waals surface area contributed by atoms with Crippen LogP contribution in [-0.4, -0.2) is 52.0 Å². The summed E-state index contributed by atoms with van der Waals surface area (Å²) in [5.41, 5.74) is 7.48. The molecule has 3 aromatic heterocycles. The fourth-order valence-electron chi connectivity index (χ4n) is 4.89. The first-order valence-electron chi connectivity index (χ1n) is 11.9. The number of fused-ring (bicyclic) bond motifs is 2. The zero-order valence-corrected chi connectivity index (χ0v) is 20.0. The van der Waals surface area contributed by atoms with Crippen LogP contribution in [0.25, 0.3) is 22.9 Å². The number of pyridine rings is 2. The monoisotopic (exact) mass is 470 g/mol. The number of hydrogen-bond donors (Lipinski definition) is 1. The van der Waals surface area contributed by atoms with Gasteiger partial charge in [-0.25, -0.2) is 9.97 Å². The number of rotatable bonds is 5. The number of anilines is 3. The Labute approximate surface area is 204 Å². The van der Waals surface area contributed by atoms with Crippen molar-refractivity contribution >= 4 is 40.5 Å². The highest BCUT2D eigenvalue weighted by Crippen LogP contribution is 2.36. The van der Waals surface area contributed by atoms with Crippen molar-refractivity contribution in [1.82, 2.24) is 19.3 Å². The number of hydrogen-bond acceptors (Lipinski definition) is 5. The van der Waals surface area contributed by atoms with Gasteiger partial charge in [0.15, 0.2) is 5.65 Å². The molecule has 1 aliphatic heterocycles. The van der Waals surface area contributed by atoms with Crippen LogP contribution in [0.15, 0.2) is 61.1 Å². The molecule has 4 aromatic rings. The molecule has 0 atom stereocenters. The molecule has 1 aliphatic carbocycles. The smallest absolute Gasteiger partial charge is 0.161 e. The standard InChI is InChI=1S/C27H27ClN6/c1-2-32-12-14-33(15-13-32)22-8-9-25(30-18-22)31-24-17-23(26(28)34-11-10-29-27(24)34)21-7-6-19-4-3-5-20(19)16-21/h3-4,6-11,16-18H,2,5,12-15H2,1H3,(H,30,31). The maximum Gasteiger partial charge on any atom is 0.161 e. The fourth-order valence-corrected chi connectivity index (χ4v) is 5.19. The Bertz CT molecular complexity index is 1370. The third-order valence-electron chi connectivity index (χ3n) is 6.89. The SMILES string of the molecule is CCN1CCN(c2ccc(Nc3cc(-c4ccc5c(c4)CC=C5)c(Cl)n4ccnc34)nc2)CC1. The summed E-state index contributed by atoms with van der Waals surface area (Å²) >= 11 is 6.83. The summed E-state index contributed by atoms with van der Waals surface area (Å²) in [4.78, 5) is 14.1. The molecule has 34 heavy (non-hydrogen) atoms. The van der Waals surface area contributed by atoms with Crippen LogP contribution in [0.4, 0.5) is 17.2 Å². The molecule has 6 nitrogen and oxygen atoms in total. The highest BCUT2D eigenvalue weighted by Gasteiger charge is 2.18. The number of piperazine rings is 1. The van der Waals surface area contributed by atoms with Crippen molar-refractivity contribution in [3.05, 3.63) is 77.3 Å². The first-order valence-corrected chi connectivity index (χ1v) is 12.2. The molecule has 0 bridgehead atoms. The molecule has 6 rings (SSSR count). The number of nitrogens with one attached hydrogen (secondary N) is 1. The molecule has 7 heteroatoms. The van der Waals surface area contributed by atoms with Crippen LogP contribution in [-0.2, 0) is 6.42 Å². The van der Waals surface area contributed by atoms with Crippen LogP contribution in [0.3, 0.4) is 0 Å². The van der Waals surface area contributed by atoms with E-state index in [-0.39, 0.29) is 0 Å². The lowest BCUT2D eigenvalue weighted by molar-refractivity contribution is 0.271. The third-order valence-corrected chi connectivity index (χ3v) is 7.27. The molecule has 0 radical (unpaired) electrons. The number of aromatic nitrogens is 3. The van der Waals surface area contributed by atoms with Crippen molar-refractivity contribution < 1.29 is 0 Å². The highest BCUT2D eigenvalue weighted by atomic mass is 35.5. The first-order chi connectivity index (χ1) is 16.7. The van der Waals surface area contributed by atoms with E-state index in [1.54, 1.807) is 6.20 Å². The zero-order valence-electron chi connectivity index (χ0n) is 19.2. The predicted molar refractivity (Wildman–Crippen MR) is 140 cm³/mol. The third kappa shape index (κ3) is 3.83. The Hall–Kier alpha value is -3.35. The molecule has 0 amide bonds. The molecular weight excluding hydrogens is 444 g/mol. The van der Waals surface area contributed by atoms with Crippen molar-refractivity contribution in [2.45, 2.75) is 13.3 Å². The second-order valence-electron chi connectivity index (χ2n) is 8.85. The van der Waals surface area contributed by atoms with Gasteiger partial charge in [-0.05, 0) is 47.9 Å². The van der Waals surface area contributed by atoms with Crippen LogP contribution in [0.2, 0.25) is 5.15 Å². The minimum Gasteiger partial charge on any atom is -0.368 e. The Morgan fingerprint density at radius 2 is 1.91 bits per heavy atom. The van der Waals surface area contributed by atoms with Gasteiger partial charge in [-0.3, -0.25) is 4.40 Å². The summed E-state index contributed by atoms with van der Waals surface area (Å²) in [5, 5.41) is 4.13. The molecule has 1 fully saturated rings. The van der Waals surface area contributed by atoms with E-state index in [4.69, 9.17) is 16.6 Å². The van der Waals surface area contributed by atoms with Crippen LogP contribution in [0.5, 0.6) is 0 Å². The highest BCUT2D eigenvalue weighted by molar-refractivity contribution is 6.32. The van der Waals surface area contributed by atoms with Gasteiger partial charge in [0.2, 0.25) is 0 Å². The minimum absolute atomic E-state index is 0.651. The largest absolute Gasteiger partial charge is 0.368 e. The predicted octanol–water partition coefficient (Wildman–Crippen LogP) is 5.50. The van der Waals surface area contributed by atoms with Gasteiger partial charge in [-0.1, -0.05) is 48.9 Å². The lowest BCUT2D eigenvalue weighted by Gasteiger charge is -2.35. The summed E-state index contributed by atoms with van der Waals surface area (Å²) in [5.74, 6) is 0.785. The van der Waals surface area contributed by atoms with Crippen LogP contribution in [0.1, 0.15) is 18.1 Å². The summed E-state index contributed by atoms with van der Waals surface area (Å²) in [6.45, 7) is 7.60. The molecular formula is C27H27ClN6. The second kappa shape index (κ2) is 8.78. The van der Waals surface area contributed by atoms with Gasteiger partial charge in [0.05, 0.1) is 17.6 Å². The molecule has 172 valence electrons. The van der Waals surface area contributed by atoms with E-state index in [9.17, 15) is 0 Å². The van der Waals surface area contributed by atoms with E-state index >= 15 is 0 Å². The van der Waals surface area contributed by atoms with Crippen molar-refractivity contribution in [2.24, 2.45) is 0 Å². The normalized spacial score (nSPS) is 15.8. The summed E-state index contributed by atoms with van der Waals surface area (Å²) < 4.78 is 1.92. The summed E-state index contributed by atoms with van der Waals surface area (Å²) in [6.07, 6.45) is 11.0. The molecule has 1 aromatic carbocycles. The van der Waals surface area contributed by atoms with Gasteiger partial charge in [-0.15, -0.1) is 0 Å². The molecule has 1 saturated heterocycles. The number of allylic oxidation sites excluding steroid dienone is 1. The summed E-state index contributed by atoms with van der Waals surface area (Å²) in [6, 6.07) is 12.8. The van der Waals surface area contributed by atoms with Crippen LogP contribution in [0, 0.1) is 0 Å². The van der Waals surface area contributed by atoms with Gasteiger partial charge in [0.25, 0.3) is 0 Å². The van der Waals surface area contributed by atoms with Crippen LogP contribution >= 0.6 is 11.6 Å². The zero-order chi connectivity index (χ0) is 23.1. The summed E-state index contributed by atoms with van der Waals surface area (Å²) in [7, 11) is 0. The fraction of sp³-hybridized carbons (Fsp3) is 0.259. The van der Waals surface area contributed by atoms with E-state index in [0.717, 1.165) is 73.1 Å². The van der Waals surface area contributed by atoms with Crippen LogP contribution < -0.4 is 10.2 Å². The number of benzene rings is 1. The van der Waals surface area contributed by atoms with Crippen molar-refractivity contribution in [3.8, 4) is 11.1 Å². The second-order valence-corrected chi connectivity index (χ2v) is 9.21. The van der Waals surface area contributed by atoms with E-state index in [0.29, 0.717) is 5.15 Å². The molecule has 2 aliphatic rings. The van der Waals surface area contributed by atoms with Gasteiger partial charge in [-0.2, -0.15) is 0 Å². The quantitative estimate of drug-likeness (QED) is 0.390. The maximum absolute atomic E-state index is 6.83. The van der Waals surface area contributed by atoms with Crippen molar-refractivity contribution in [1.29, 1.82) is 0 Å². The Morgan fingerprint density at radius 3 is 2.71 bits per heavy atom. The maximum atomic E-state index is 6.83. The molecule has 1 N–H and O–H groups in total. The van der Waals surface area contributed by atoms with E-state index < -0.39 is 0 Å². The Kier molecular flexibility index (Phi) is 5.47. The average molecular weight is 471 g/mol. The minimum atomic E-state index is 0.651. The van der Waals surface area contributed by atoms with Crippen molar-refractivity contribution in [2.75, 3.05) is 42.9 Å². The van der Waals surface area contributed by atoms with Gasteiger partial charge < -0.3 is 15.1 Å². The molecule has 0 spiro atoms. The molecule has 0 unspecified atom stereocenters. The van der Waals surface area contributed by atoms with Gasteiger partial charge in [0, 0.05) is 44.1 Å². The van der Waals surface area contributed by atoms with Crippen molar-refractivity contribution in [3.63, 3.8) is 0 Å². The number of imidazole rings is 1. The Morgan fingerprint density at radius 1 is 1.03 bits per heavy atom. The van der Waals surface area contributed by atoms with E-state index in [2.05, 4.69) is 69.5 Å². The number of likely N-dealkylation sites (N-methyl/N-ethyl adjacent to an activating group) is 1. The molecule has 4 heterocycles. The van der Waals surface area contributed by atoms with Gasteiger partial charge in [0.1, 0.15) is 11.0 Å². The first kappa shape index (κ1) is 21.2. The number of halogens is 1. The number of nitrogens with zero attached hydrogens (tertiary/aromatic N) is 5. The molecule has 0 saturated carbocycles.